The SMILES string of the molecule is COc1cccc(OC)c1CN(C)C=O. The highest BCUT2D eigenvalue weighted by Gasteiger charge is 2.10. The van der Waals surface area contributed by atoms with E-state index in [1.54, 1.807) is 21.3 Å². The average molecular weight is 209 g/mol. The Bertz CT molecular complexity index is 316. The third-order valence-corrected chi connectivity index (χ3v) is 2.12. The van der Waals surface area contributed by atoms with Gasteiger partial charge < -0.3 is 14.4 Å². The van der Waals surface area contributed by atoms with Gasteiger partial charge >= 0.3 is 0 Å². The molecule has 0 radical (unpaired) electrons. The summed E-state index contributed by atoms with van der Waals surface area (Å²) < 4.78 is 10.4. The molecule has 4 nitrogen and oxygen atoms in total. The number of carbonyl (C=O) groups excluding carboxylic acids is 1. The predicted octanol–water partition coefficient (Wildman–Crippen LogP) is 1.29. The zero-order chi connectivity index (χ0) is 11.3. The van der Waals surface area contributed by atoms with Gasteiger partial charge in [-0.25, -0.2) is 0 Å². The van der Waals surface area contributed by atoms with Crippen LogP contribution in [-0.4, -0.2) is 32.6 Å². The van der Waals surface area contributed by atoms with Gasteiger partial charge in [-0.2, -0.15) is 0 Å². The molecule has 0 fully saturated rings. The van der Waals surface area contributed by atoms with Gasteiger partial charge in [-0.1, -0.05) is 6.07 Å². The van der Waals surface area contributed by atoms with Crippen molar-refractivity contribution < 1.29 is 14.3 Å². The second-order valence-electron chi connectivity index (χ2n) is 3.16. The Kier molecular flexibility index (Phi) is 3.97. The first-order valence-electron chi connectivity index (χ1n) is 4.58. The molecule has 0 N–H and O–H groups in total. The average Bonchev–Trinajstić information content (AvgIpc) is 2.29. The van der Waals surface area contributed by atoms with Crippen molar-refractivity contribution in [3.63, 3.8) is 0 Å². The lowest BCUT2D eigenvalue weighted by Crippen LogP contribution is -2.16. The molecule has 0 bridgehead atoms. The van der Waals surface area contributed by atoms with Crippen LogP contribution in [0.2, 0.25) is 0 Å². The largest absolute Gasteiger partial charge is 0.496 e. The zero-order valence-corrected chi connectivity index (χ0v) is 9.19. The van der Waals surface area contributed by atoms with Gasteiger partial charge in [0.05, 0.1) is 26.3 Å². The maximum absolute atomic E-state index is 10.6. The molecule has 15 heavy (non-hydrogen) atoms. The molecule has 0 heterocycles. The summed E-state index contributed by atoms with van der Waals surface area (Å²) in [4.78, 5) is 12.1. The van der Waals surface area contributed by atoms with Crippen molar-refractivity contribution >= 4 is 6.41 Å². The van der Waals surface area contributed by atoms with E-state index >= 15 is 0 Å². The van der Waals surface area contributed by atoms with Crippen LogP contribution in [0.15, 0.2) is 18.2 Å². The van der Waals surface area contributed by atoms with E-state index in [1.807, 2.05) is 18.2 Å². The molecule has 0 aromatic heterocycles. The van der Waals surface area contributed by atoms with Crippen LogP contribution in [0.4, 0.5) is 0 Å². The highest BCUT2D eigenvalue weighted by molar-refractivity contribution is 5.50. The van der Waals surface area contributed by atoms with Crippen molar-refractivity contribution in [3.8, 4) is 11.5 Å². The highest BCUT2D eigenvalue weighted by atomic mass is 16.5. The van der Waals surface area contributed by atoms with Gasteiger partial charge in [0, 0.05) is 7.05 Å². The van der Waals surface area contributed by atoms with Crippen molar-refractivity contribution in [2.24, 2.45) is 0 Å². The maximum atomic E-state index is 10.6. The van der Waals surface area contributed by atoms with Gasteiger partial charge in [0.1, 0.15) is 11.5 Å². The predicted molar refractivity (Wildman–Crippen MR) is 57.1 cm³/mol. The summed E-state index contributed by atoms with van der Waals surface area (Å²) in [7, 11) is 4.90. The van der Waals surface area contributed by atoms with Crippen LogP contribution >= 0.6 is 0 Å². The lowest BCUT2D eigenvalue weighted by molar-refractivity contribution is -0.117. The van der Waals surface area contributed by atoms with Gasteiger partial charge in [-0.3, -0.25) is 4.79 Å². The van der Waals surface area contributed by atoms with E-state index in [0.717, 1.165) is 23.5 Å². The van der Waals surface area contributed by atoms with Crippen molar-refractivity contribution in [2.45, 2.75) is 6.54 Å². The van der Waals surface area contributed by atoms with Crippen LogP contribution < -0.4 is 9.47 Å². The van der Waals surface area contributed by atoms with Crippen molar-refractivity contribution in [1.29, 1.82) is 0 Å². The van der Waals surface area contributed by atoms with Gasteiger partial charge in [0.25, 0.3) is 0 Å². The lowest BCUT2D eigenvalue weighted by atomic mass is 10.1. The van der Waals surface area contributed by atoms with Gasteiger partial charge in [0.2, 0.25) is 6.41 Å². The van der Waals surface area contributed by atoms with E-state index in [2.05, 4.69) is 0 Å². The van der Waals surface area contributed by atoms with E-state index in [1.165, 1.54) is 4.90 Å². The molecule has 1 amide bonds. The van der Waals surface area contributed by atoms with Crippen LogP contribution in [0.3, 0.4) is 0 Å². The number of nitrogens with zero attached hydrogens (tertiary/aromatic N) is 1. The van der Waals surface area contributed by atoms with E-state index < -0.39 is 0 Å². The standard InChI is InChI=1S/C11H15NO3/c1-12(8-13)7-9-10(14-2)5-4-6-11(9)15-3/h4-6,8H,7H2,1-3H3. The third kappa shape index (κ3) is 2.62. The molecular formula is C11H15NO3. The fourth-order valence-corrected chi connectivity index (χ4v) is 1.37. The Morgan fingerprint density at radius 1 is 1.27 bits per heavy atom. The fraction of sp³-hybridized carbons (Fsp3) is 0.364. The highest BCUT2D eigenvalue weighted by Crippen LogP contribution is 2.28. The molecule has 0 atom stereocenters. The quantitative estimate of drug-likeness (QED) is 0.686. The Morgan fingerprint density at radius 3 is 2.20 bits per heavy atom. The molecule has 1 aromatic carbocycles. The lowest BCUT2D eigenvalue weighted by Gasteiger charge is -2.16. The molecule has 0 unspecified atom stereocenters. The summed E-state index contributed by atoms with van der Waals surface area (Å²) in [6.07, 6.45) is 0.770. The molecule has 4 heteroatoms. The number of hydrogen-bond acceptors (Lipinski definition) is 3. The zero-order valence-electron chi connectivity index (χ0n) is 9.19. The second-order valence-corrected chi connectivity index (χ2v) is 3.16. The molecule has 1 rings (SSSR count). The van der Waals surface area contributed by atoms with Gasteiger partial charge in [0.15, 0.2) is 0 Å². The summed E-state index contributed by atoms with van der Waals surface area (Å²) in [5.41, 5.74) is 0.872. The number of hydrogen-bond donors (Lipinski definition) is 0. The van der Waals surface area contributed by atoms with Crippen LogP contribution in [-0.2, 0) is 11.3 Å². The molecule has 0 aliphatic rings. The molecule has 0 spiro atoms. The van der Waals surface area contributed by atoms with E-state index in [-0.39, 0.29) is 0 Å². The van der Waals surface area contributed by atoms with Crippen molar-refractivity contribution in [2.75, 3.05) is 21.3 Å². The van der Waals surface area contributed by atoms with E-state index in [4.69, 9.17) is 9.47 Å². The van der Waals surface area contributed by atoms with E-state index in [0.29, 0.717) is 6.54 Å². The fourth-order valence-electron chi connectivity index (χ4n) is 1.37. The molecule has 0 saturated carbocycles. The Hall–Kier alpha value is -1.71. The molecule has 0 aliphatic heterocycles. The Balaban J connectivity index is 3.04. The first-order valence-corrected chi connectivity index (χ1v) is 4.58. The third-order valence-electron chi connectivity index (χ3n) is 2.12. The summed E-state index contributed by atoms with van der Waals surface area (Å²) >= 11 is 0. The van der Waals surface area contributed by atoms with Gasteiger partial charge in [-0.15, -0.1) is 0 Å². The van der Waals surface area contributed by atoms with Crippen molar-refractivity contribution in [3.05, 3.63) is 23.8 Å². The normalized spacial score (nSPS) is 9.53. The molecule has 1 aromatic rings. The number of methoxy groups -OCH3 is 2. The Labute approximate surface area is 89.4 Å². The first kappa shape index (κ1) is 11.4. The van der Waals surface area contributed by atoms with Crippen LogP contribution in [0, 0.1) is 0 Å². The van der Waals surface area contributed by atoms with Gasteiger partial charge in [-0.05, 0) is 12.1 Å². The minimum Gasteiger partial charge on any atom is -0.496 e. The molecule has 82 valence electrons. The van der Waals surface area contributed by atoms with Crippen LogP contribution in [0.25, 0.3) is 0 Å². The summed E-state index contributed by atoms with van der Waals surface area (Å²) in [6.45, 7) is 0.469. The minimum atomic E-state index is 0.469. The summed E-state index contributed by atoms with van der Waals surface area (Å²) in [5.74, 6) is 1.45. The van der Waals surface area contributed by atoms with Crippen molar-refractivity contribution in [1.82, 2.24) is 4.90 Å². The summed E-state index contributed by atoms with van der Waals surface area (Å²) in [6, 6.07) is 5.54. The molecule has 0 aliphatic carbocycles. The number of ether oxygens (including phenoxy) is 2. The number of carbonyl (C=O) groups is 1. The van der Waals surface area contributed by atoms with E-state index in [9.17, 15) is 4.79 Å². The smallest absolute Gasteiger partial charge is 0.209 e. The van der Waals surface area contributed by atoms with Crippen LogP contribution in [0.5, 0.6) is 11.5 Å². The number of amides is 1. The second kappa shape index (κ2) is 5.24. The minimum absolute atomic E-state index is 0.469. The first-order chi connectivity index (χ1) is 7.22. The maximum Gasteiger partial charge on any atom is 0.209 e. The Morgan fingerprint density at radius 2 is 1.80 bits per heavy atom. The topological polar surface area (TPSA) is 38.8 Å². The number of benzene rings is 1. The monoisotopic (exact) mass is 209 g/mol. The molecular weight excluding hydrogens is 194 g/mol. The summed E-state index contributed by atoms with van der Waals surface area (Å²) in [5, 5.41) is 0. The van der Waals surface area contributed by atoms with Crippen LogP contribution in [0.1, 0.15) is 5.56 Å². The molecule has 0 saturated heterocycles. The number of rotatable bonds is 5.